The number of hydrogen-bond donors (Lipinski definition) is 0. The van der Waals surface area contributed by atoms with Crippen LogP contribution in [0, 0.1) is 0 Å². The fourth-order valence-electron chi connectivity index (χ4n) is 4.60. The van der Waals surface area contributed by atoms with Gasteiger partial charge in [-0.2, -0.15) is 0 Å². The second kappa shape index (κ2) is 7.29. The van der Waals surface area contributed by atoms with Crippen molar-refractivity contribution in [1.82, 2.24) is 4.57 Å². The van der Waals surface area contributed by atoms with E-state index in [1.165, 1.54) is 43.8 Å². The van der Waals surface area contributed by atoms with Crippen LogP contribution in [0.1, 0.15) is 19.4 Å². The minimum atomic E-state index is 0.866. The van der Waals surface area contributed by atoms with Crippen molar-refractivity contribution in [2.24, 2.45) is 0 Å². The number of aromatic nitrogens is 1. The zero-order chi connectivity index (χ0) is 19.8. The highest BCUT2D eigenvalue weighted by Gasteiger charge is 2.15. The van der Waals surface area contributed by atoms with Gasteiger partial charge >= 0.3 is 0 Å². The Morgan fingerprint density at radius 1 is 0.655 bits per heavy atom. The van der Waals surface area contributed by atoms with Crippen molar-refractivity contribution < 1.29 is 0 Å². The van der Waals surface area contributed by atoms with Crippen molar-refractivity contribution in [2.45, 2.75) is 20.4 Å². The van der Waals surface area contributed by atoms with E-state index < -0.39 is 0 Å². The van der Waals surface area contributed by atoms with Crippen molar-refractivity contribution in [2.75, 3.05) is 18.0 Å². The van der Waals surface area contributed by atoms with Crippen LogP contribution in [0.25, 0.3) is 32.6 Å². The Morgan fingerprint density at radius 3 is 1.76 bits per heavy atom. The molecule has 0 radical (unpaired) electrons. The van der Waals surface area contributed by atoms with Crippen molar-refractivity contribution >= 4 is 38.3 Å². The summed E-state index contributed by atoms with van der Waals surface area (Å²) in [5.41, 5.74) is 5.31. The fourth-order valence-corrected chi connectivity index (χ4v) is 4.60. The maximum atomic E-state index is 2.47. The zero-order valence-corrected chi connectivity index (χ0v) is 17.1. The van der Waals surface area contributed by atoms with E-state index in [0.717, 1.165) is 19.6 Å². The van der Waals surface area contributed by atoms with Crippen LogP contribution in [0.5, 0.6) is 0 Å². The third kappa shape index (κ3) is 2.96. The Hall–Kier alpha value is -3.26. The highest BCUT2D eigenvalue weighted by molar-refractivity contribution is 6.08. The van der Waals surface area contributed by atoms with E-state index in [4.69, 9.17) is 0 Å². The quantitative estimate of drug-likeness (QED) is 0.325. The SMILES string of the molecule is CCN(CC)c1cc2ccccc2cc1Cn1c2ccccc2c2ccccc21. The molecular weight excluding hydrogens is 352 g/mol. The third-order valence-electron chi connectivity index (χ3n) is 6.06. The topological polar surface area (TPSA) is 8.17 Å². The van der Waals surface area contributed by atoms with E-state index in [-0.39, 0.29) is 0 Å². The first-order valence-electron chi connectivity index (χ1n) is 10.5. The summed E-state index contributed by atoms with van der Waals surface area (Å²) >= 11 is 0. The predicted octanol–water partition coefficient (Wildman–Crippen LogP) is 6.84. The number of anilines is 1. The molecule has 0 fully saturated rings. The van der Waals surface area contributed by atoms with Gasteiger partial charge in [-0.3, -0.25) is 0 Å². The molecule has 0 aliphatic heterocycles. The molecule has 144 valence electrons. The highest BCUT2D eigenvalue weighted by Crippen LogP contribution is 2.33. The molecule has 4 aromatic carbocycles. The largest absolute Gasteiger partial charge is 0.372 e. The average Bonchev–Trinajstić information content (AvgIpc) is 3.09. The van der Waals surface area contributed by atoms with Crippen LogP contribution in [-0.4, -0.2) is 17.7 Å². The monoisotopic (exact) mass is 378 g/mol. The molecule has 0 aliphatic carbocycles. The average molecular weight is 379 g/mol. The number of fused-ring (bicyclic) bond motifs is 4. The van der Waals surface area contributed by atoms with Gasteiger partial charge in [0.1, 0.15) is 0 Å². The minimum Gasteiger partial charge on any atom is -0.372 e. The molecule has 2 nitrogen and oxygen atoms in total. The molecule has 0 bridgehead atoms. The molecule has 0 amide bonds. The van der Waals surface area contributed by atoms with Gasteiger partial charge in [0.15, 0.2) is 0 Å². The van der Waals surface area contributed by atoms with Gasteiger partial charge in [0.2, 0.25) is 0 Å². The smallest absolute Gasteiger partial charge is 0.0502 e. The molecule has 5 aromatic rings. The van der Waals surface area contributed by atoms with Gasteiger partial charge in [-0.25, -0.2) is 0 Å². The summed E-state index contributed by atoms with van der Waals surface area (Å²) in [6.45, 7) is 7.36. The molecule has 1 aromatic heterocycles. The lowest BCUT2D eigenvalue weighted by atomic mass is 10.0. The van der Waals surface area contributed by atoms with Gasteiger partial charge in [-0.05, 0) is 54.4 Å². The normalized spacial score (nSPS) is 11.5. The van der Waals surface area contributed by atoms with Crippen LogP contribution < -0.4 is 4.90 Å². The van der Waals surface area contributed by atoms with Crippen molar-refractivity contribution in [3.05, 3.63) is 90.5 Å². The van der Waals surface area contributed by atoms with Gasteiger partial charge in [-0.15, -0.1) is 0 Å². The maximum Gasteiger partial charge on any atom is 0.0502 e. The van der Waals surface area contributed by atoms with Crippen molar-refractivity contribution in [3.8, 4) is 0 Å². The van der Waals surface area contributed by atoms with Gasteiger partial charge < -0.3 is 9.47 Å². The Bertz CT molecular complexity index is 1260. The van der Waals surface area contributed by atoms with Gasteiger partial charge in [0.25, 0.3) is 0 Å². The summed E-state index contributed by atoms with van der Waals surface area (Å²) in [5, 5.41) is 5.26. The van der Waals surface area contributed by atoms with Crippen LogP contribution >= 0.6 is 0 Å². The lowest BCUT2D eigenvalue weighted by molar-refractivity contribution is 0.825. The molecule has 0 saturated heterocycles. The number of hydrogen-bond acceptors (Lipinski definition) is 1. The number of nitrogens with zero attached hydrogens (tertiary/aromatic N) is 2. The summed E-state index contributed by atoms with van der Waals surface area (Å²) in [5.74, 6) is 0. The molecular formula is C27H26N2. The molecule has 0 saturated carbocycles. The lowest BCUT2D eigenvalue weighted by Crippen LogP contribution is -2.23. The first kappa shape index (κ1) is 17.8. The Labute approximate surface area is 172 Å². The van der Waals surface area contributed by atoms with Crippen LogP contribution in [-0.2, 0) is 6.54 Å². The summed E-state index contributed by atoms with van der Waals surface area (Å²) in [4.78, 5) is 2.47. The lowest BCUT2D eigenvalue weighted by Gasteiger charge is -2.25. The van der Waals surface area contributed by atoms with Crippen LogP contribution in [0.15, 0.2) is 84.9 Å². The molecule has 5 rings (SSSR count). The first-order valence-corrected chi connectivity index (χ1v) is 10.5. The van der Waals surface area contributed by atoms with Crippen LogP contribution in [0.2, 0.25) is 0 Å². The van der Waals surface area contributed by atoms with Crippen molar-refractivity contribution in [3.63, 3.8) is 0 Å². The maximum absolute atomic E-state index is 2.47. The molecule has 29 heavy (non-hydrogen) atoms. The molecule has 0 N–H and O–H groups in total. The first-order chi connectivity index (χ1) is 14.3. The number of rotatable bonds is 5. The van der Waals surface area contributed by atoms with E-state index in [1.807, 2.05) is 0 Å². The fraction of sp³-hybridized carbons (Fsp3) is 0.185. The summed E-state index contributed by atoms with van der Waals surface area (Å²) < 4.78 is 2.47. The molecule has 1 heterocycles. The molecule has 0 spiro atoms. The summed E-state index contributed by atoms with van der Waals surface area (Å²) in [6.07, 6.45) is 0. The van der Waals surface area contributed by atoms with E-state index >= 15 is 0 Å². The second-order valence-corrected chi connectivity index (χ2v) is 7.62. The predicted molar refractivity (Wildman–Crippen MR) is 126 cm³/mol. The number of benzene rings is 4. The second-order valence-electron chi connectivity index (χ2n) is 7.62. The highest BCUT2D eigenvalue weighted by atomic mass is 15.1. The van der Waals surface area contributed by atoms with E-state index in [0.29, 0.717) is 0 Å². The van der Waals surface area contributed by atoms with Gasteiger partial charge in [0, 0.05) is 40.6 Å². The van der Waals surface area contributed by atoms with Crippen LogP contribution in [0.3, 0.4) is 0 Å². The zero-order valence-electron chi connectivity index (χ0n) is 17.1. The van der Waals surface area contributed by atoms with Crippen molar-refractivity contribution in [1.29, 1.82) is 0 Å². The minimum absolute atomic E-state index is 0.866. The number of para-hydroxylation sites is 2. The standard InChI is InChI=1S/C27H26N2/c1-3-28(4-2)27-18-21-12-6-5-11-20(21)17-22(27)19-29-25-15-9-7-13-23(25)24-14-8-10-16-26(24)29/h5-18H,3-4,19H2,1-2H3. The van der Waals surface area contributed by atoms with E-state index in [2.05, 4.69) is 108 Å². The molecule has 0 unspecified atom stereocenters. The Kier molecular flexibility index (Phi) is 4.48. The summed E-state index contributed by atoms with van der Waals surface area (Å²) in [7, 11) is 0. The van der Waals surface area contributed by atoms with E-state index in [1.54, 1.807) is 0 Å². The summed E-state index contributed by atoms with van der Waals surface area (Å²) in [6, 6.07) is 31.0. The Morgan fingerprint density at radius 2 is 1.17 bits per heavy atom. The third-order valence-corrected chi connectivity index (χ3v) is 6.06. The molecule has 0 atom stereocenters. The van der Waals surface area contributed by atoms with E-state index in [9.17, 15) is 0 Å². The molecule has 0 aliphatic rings. The Balaban J connectivity index is 1.75. The van der Waals surface area contributed by atoms with Gasteiger partial charge in [0.05, 0.1) is 6.54 Å². The van der Waals surface area contributed by atoms with Gasteiger partial charge in [-0.1, -0.05) is 60.7 Å². The molecule has 2 heteroatoms. The van der Waals surface area contributed by atoms with Crippen LogP contribution in [0.4, 0.5) is 5.69 Å².